The summed E-state index contributed by atoms with van der Waals surface area (Å²) in [4.78, 5) is 15.5. The highest BCUT2D eigenvalue weighted by Gasteiger charge is 2.01. The molecule has 0 aliphatic heterocycles. The minimum absolute atomic E-state index is 0.00594. The van der Waals surface area contributed by atoms with E-state index in [-0.39, 0.29) is 12.0 Å². The molecule has 1 amide bonds. The normalized spacial score (nSPS) is 11.4. The Kier molecular flexibility index (Phi) is 7.81. The molecule has 1 rings (SSSR count). The summed E-state index contributed by atoms with van der Waals surface area (Å²) in [5, 5.41) is 5.77. The van der Waals surface area contributed by atoms with Crippen LogP contribution >= 0.6 is 0 Å². The number of benzene rings is 1. The zero-order valence-corrected chi connectivity index (χ0v) is 13.6. The van der Waals surface area contributed by atoms with Crippen molar-refractivity contribution >= 4 is 17.6 Å². The number of nitrogens with zero attached hydrogens (tertiary/aromatic N) is 1. The SMILES string of the molecule is CCCNC(=O)CCN=C(N)Nc1ccc(OC(C)C)cc1. The molecule has 0 heterocycles. The topological polar surface area (TPSA) is 88.7 Å². The van der Waals surface area contributed by atoms with Crippen LogP contribution in [0.1, 0.15) is 33.6 Å². The van der Waals surface area contributed by atoms with Gasteiger partial charge >= 0.3 is 0 Å². The molecule has 1 aromatic rings. The van der Waals surface area contributed by atoms with E-state index in [2.05, 4.69) is 15.6 Å². The number of carbonyl (C=O) groups is 1. The van der Waals surface area contributed by atoms with E-state index in [9.17, 15) is 4.79 Å². The van der Waals surface area contributed by atoms with Crippen LogP contribution in [0, 0.1) is 0 Å². The highest BCUT2D eigenvalue weighted by atomic mass is 16.5. The van der Waals surface area contributed by atoms with Crippen molar-refractivity contribution in [2.75, 3.05) is 18.4 Å². The summed E-state index contributed by atoms with van der Waals surface area (Å²) in [7, 11) is 0. The molecule has 0 aliphatic carbocycles. The Morgan fingerprint density at radius 1 is 1.32 bits per heavy atom. The molecule has 6 nitrogen and oxygen atoms in total. The number of carbonyl (C=O) groups excluding carboxylic acids is 1. The third-order valence-electron chi connectivity index (χ3n) is 2.69. The molecule has 0 saturated heterocycles. The monoisotopic (exact) mass is 306 g/mol. The van der Waals surface area contributed by atoms with Crippen LogP contribution in [0.4, 0.5) is 5.69 Å². The van der Waals surface area contributed by atoms with E-state index >= 15 is 0 Å². The first-order valence-electron chi connectivity index (χ1n) is 7.61. The van der Waals surface area contributed by atoms with Crippen molar-refractivity contribution in [1.29, 1.82) is 0 Å². The Labute approximate surface area is 132 Å². The van der Waals surface area contributed by atoms with Crippen molar-refractivity contribution in [3.63, 3.8) is 0 Å². The zero-order chi connectivity index (χ0) is 16.4. The van der Waals surface area contributed by atoms with E-state index in [1.807, 2.05) is 45.0 Å². The van der Waals surface area contributed by atoms with Gasteiger partial charge in [0, 0.05) is 18.7 Å². The van der Waals surface area contributed by atoms with Gasteiger partial charge in [0.2, 0.25) is 5.91 Å². The van der Waals surface area contributed by atoms with Gasteiger partial charge in [-0.3, -0.25) is 9.79 Å². The summed E-state index contributed by atoms with van der Waals surface area (Å²) in [6.45, 7) is 7.03. The van der Waals surface area contributed by atoms with Crippen LogP contribution in [-0.2, 0) is 4.79 Å². The number of guanidine groups is 1. The van der Waals surface area contributed by atoms with Gasteiger partial charge in [-0.2, -0.15) is 0 Å². The second-order valence-corrected chi connectivity index (χ2v) is 5.18. The number of anilines is 1. The lowest BCUT2D eigenvalue weighted by molar-refractivity contribution is -0.120. The number of ether oxygens (including phenoxy) is 1. The Hall–Kier alpha value is -2.24. The van der Waals surface area contributed by atoms with Gasteiger partial charge < -0.3 is 21.1 Å². The minimum Gasteiger partial charge on any atom is -0.491 e. The van der Waals surface area contributed by atoms with Crippen molar-refractivity contribution in [3.05, 3.63) is 24.3 Å². The van der Waals surface area contributed by atoms with Crippen molar-refractivity contribution in [3.8, 4) is 5.75 Å². The number of amides is 1. The molecule has 0 aromatic heterocycles. The van der Waals surface area contributed by atoms with Crippen molar-refractivity contribution in [1.82, 2.24) is 5.32 Å². The van der Waals surface area contributed by atoms with Gasteiger partial charge in [-0.15, -0.1) is 0 Å². The lowest BCUT2D eigenvalue weighted by Crippen LogP contribution is -2.26. The Morgan fingerprint density at radius 2 is 2.00 bits per heavy atom. The largest absolute Gasteiger partial charge is 0.491 e. The molecule has 0 aliphatic rings. The van der Waals surface area contributed by atoms with E-state index in [4.69, 9.17) is 10.5 Å². The van der Waals surface area contributed by atoms with E-state index in [0.29, 0.717) is 25.5 Å². The maximum Gasteiger partial charge on any atom is 0.221 e. The lowest BCUT2D eigenvalue weighted by Gasteiger charge is -2.11. The van der Waals surface area contributed by atoms with Gasteiger partial charge in [-0.05, 0) is 44.5 Å². The fourth-order valence-electron chi connectivity index (χ4n) is 1.71. The smallest absolute Gasteiger partial charge is 0.221 e. The fourth-order valence-corrected chi connectivity index (χ4v) is 1.71. The maximum absolute atomic E-state index is 11.4. The summed E-state index contributed by atoms with van der Waals surface area (Å²) in [5.41, 5.74) is 6.61. The summed E-state index contributed by atoms with van der Waals surface area (Å²) in [5.74, 6) is 1.10. The summed E-state index contributed by atoms with van der Waals surface area (Å²) < 4.78 is 5.56. The molecule has 0 fully saturated rings. The Balaban J connectivity index is 2.38. The number of hydrogen-bond donors (Lipinski definition) is 3. The molecule has 0 unspecified atom stereocenters. The summed E-state index contributed by atoms with van der Waals surface area (Å²) in [6, 6.07) is 7.48. The first kappa shape index (κ1) is 17.8. The highest BCUT2D eigenvalue weighted by Crippen LogP contribution is 2.16. The maximum atomic E-state index is 11.4. The lowest BCUT2D eigenvalue weighted by atomic mass is 10.3. The number of nitrogens with two attached hydrogens (primary N) is 1. The third-order valence-corrected chi connectivity index (χ3v) is 2.69. The van der Waals surface area contributed by atoms with Crippen LogP contribution in [0.3, 0.4) is 0 Å². The number of rotatable bonds is 8. The van der Waals surface area contributed by atoms with E-state index in [1.165, 1.54) is 0 Å². The van der Waals surface area contributed by atoms with Gasteiger partial charge in [0.1, 0.15) is 5.75 Å². The van der Waals surface area contributed by atoms with Crippen molar-refractivity contribution in [2.45, 2.75) is 39.7 Å². The molecule has 4 N–H and O–H groups in total. The van der Waals surface area contributed by atoms with Gasteiger partial charge in [0.15, 0.2) is 5.96 Å². The van der Waals surface area contributed by atoms with Crippen LogP contribution in [0.25, 0.3) is 0 Å². The number of aliphatic imine (C=N–C) groups is 1. The molecule has 6 heteroatoms. The minimum atomic E-state index is -0.00594. The van der Waals surface area contributed by atoms with E-state index in [1.54, 1.807) is 0 Å². The predicted molar refractivity (Wildman–Crippen MR) is 90.2 cm³/mol. The molecule has 22 heavy (non-hydrogen) atoms. The van der Waals surface area contributed by atoms with E-state index < -0.39 is 0 Å². The van der Waals surface area contributed by atoms with Gasteiger partial charge in [0.05, 0.1) is 12.6 Å². The first-order chi connectivity index (χ1) is 10.5. The quantitative estimate of drug-likeness (QED) is 0.507. The van der Waals surface area contributed by atoms with Crippen LogP contribution in [-0.4, -0.2) is 31.1 Å². The molecular formula is C16H26N4O2. The molecule has 0 radical (unpaired) electrons. The second kappa shape index (κ2) is 9.65. The van der Waals surface area contributed by atoms with E-state index in [0.717, 1.165) is 17.9 Å². The first-order valence-corrected chi connectivity index (χ1v) is 7.61. The summed E-state index contributed by atoms with van der Waals surface area (Å²) >= 11 is 0. The van der Waals surface area contributed by atoms with Gasteiger partial charge in [-0.25, -0.2) is 0 Å². The van der Waals surface area contributed by atoms with Crippen molar-refractivity contribution in [2.24, 2.45) is 10.7 Å². The standard InChI is InChI=1S/C16H26N4O2/c1-4-10-18-15(21)9-11-19-16(17)20-13-5-7-14(8-6-13)22-12(2)3/h5-8,12H,4,9-11H2,1-3H3,(H,18,21)(H3,17,19,20). The van der Waals surface area contributed by atoms with Gasteiger partial charge in [-0.1, -0.05) is 6.92 Å². The van der Waals surface area contributed by atoms with Gasteiger partial charge in [0.25, 0.3) is 0 Å². The number of nitrogens with one attached hydrogen (secondary N) is 2. The average molecular weight is 306 g/mol. The molecule has 0 saturated carbocycles. The van der Waals surface area contributed by atoms with Crippen LogP contribution in [0.2, 0.25) is 0 Å². The summed E-state index contributed by atoms with van der Waals surface area (Å²) in [6.07, 6.45) is 1.41. The average Bonchev–Trinajstić information content (AvgIpc) is 2.46. The number of hydrogen-bond acceptors (Lipinski definition) is 3. The Bertz CT molecular complexity index is 483. The molecule has 1 aromatic carbocycles. The van der Waals surface area contributed by atoms with Crippen LogP contribution in [0.5, 0.6) is 5.75 Å². The highest BCUT2D eigenvalue weighted by molar-refractivity contribution is 5.92. The molecule has 0 spiro atoms. The predicted octanol–water partition coefficient (Wildman–Crippen LogP) is 2.12. The molecule has 0 bridgehead atoms. The van der Waals surface area contributed by atoms with Crippen LogP contribution < -0.4 is 21.1 Å². The fraction of sp³-hybridized carbons (Fsp3) is 0.500. The zero-order valence-electron chi connectivity index (χ0n) is 13.6. The molecular weight excluding hydrogens is 280 g/mol. The Morgan fingerprint density at radius 3 is 2.59 bits per heavy atom. The van der Waals surface area contributed by atoms with Crippen molar-refractivity contribution < 1.29 is 9.53 Å². The molecule has 122 valence electrons. The third kappa shape index (κ3) is 7.52. The molecule has 0 atom stereocenters. The van der Waals surface area contributed by atoms with Crippen LogP contribution in [0.15, 0.2) is 29.3 Å². The second-order valence-electron chi connectivity index (χ2n) is 5.18.